The SMILES string of the molecule is C=C(C=O)COc1ccc2nc3c(c(C=O)c2c1)Cn1c-3cc(C(C)O)c(COC=O)c1=O.CC.CC.COC(C)(C)C. The Kier molecular flexibility index (Phi) is 14.7. The van der Waals surface area contributed by atoms with Gasteiger partial charge in [0.15, 0.2) is 6.29 Å². The molecule has 10 nitrogen and oxygen atoms in total. The lowest BCUT2D eigenvalue weighted by Crippen LogP contribution is -2.26. The van der Waals surface area contributed by atoms with Gasteiger partial charge < -0.3 is 23.9 Å². The van der Waals surface area contributed by atoms with Gasteiger partial charge in [-0.2, -0.15) is 0 Å². The van der Waals surface area contributed by atoms with Gasteiger partial charge in [0.2, 0.25) is 0 Å². The Morgan fingerprint density at radius 3 is 2.28 bits per heavy atom. The fourth-order valence-electron chi connectivity index (χ4n) is 3.97. The molecule has 3 aromatic rings. The van der Waals surface area contributed by atoms with E-state index < -0.39 is 11.7 Å². The highest BCUT2D eigenvalue weighted by molar-refractivity contribution is 6.01. The van der Waals surface area contributed by atoms with Crippen LogP contribution < -0.4 is 10.3 Å². The number of aliphatic hydroxyl groups is 1. The second kappa shape index (κ2) is 17.1. The zero-order valence-electron chi connectivity index (χ0n) is 26.6. The predicted molar refractivity (Wildman–Crippen MR) is 168 cm³/mol. The Labute approximate surface area is 253 Å². The van der Waals surface area contributed by atoms with Crippen molar-refractivity contribution in [2.24, 2.45) is 0 Å². The van der Waals surface area contributed by atoms with Gasteiger partial charge in [-0.3, -0.25) is 19.2 Å². The number of fused-ring (bicyclic) bond motifs is 4. The summed E-state index contributed by atoms with van der Waals surface area (Å²) in [4.78, 5) is 51.4. The monoisotopic (exact) mass is 596 g/mol. The van der Waals surface area contributed by atoms with Crippen LogP contribution >= 0.6 is 0 Å². The van der Waals surface area contributed by atoms with Crippen LogP contribution in [0.4, 0.5) is 0 Å². The van der Waals surface area contributed by atoms with E-state index in [2.05, 4.69) is 11.6 Å². The molecule has 1 aromatic carbocycles. The second-order valence-corrected chi connectivity index (χ2v) is 9.97. The van der Waals surface area contributed by atoms with Crippen molar-refractivity contribution in [3.8, 4) is 17.1 Å². The first-order valence-electron chi connectivity index (χ1n) is 14.2. The van der Waals surface area contributed by atoms with E-state index in [1.807, 2.05) is 48.5 Å². The Bertz CT molecular complexity index is 1480. The summed E-state index contributed by atoms with van der Waals surface area (Å²) < 4.78 is 16.7. The number of aromatic nitrogens is 2. The average molecular weight is 597 g/mol. The predicted octanol–water partition coefficient (Wildman–Crippen LogP) is 5.58. The number of carbonyl (C=O) groups is 3. The van der Waals surface area contributed by atoms with Crippen LogP contribution in [0.15, 0.2) is 41.2 Å². The fraction of sp³-hybridized carbons (Fsp3) is 0.424. The third-order valence-corrected chi connectivity index (χ3v) is 6.16. The molecule has 0 radical (unpaired) electrons. The van der Waals surface area contributed by atoms with Gasteiger partial charge in [-0.05, 0) is 57.5 Å². The van der Waals surface area contributed by atoms with E-state index in [0.29, 0.717) is 57.3 Å². The molecule has 0 aliphatic carbocycles. The topological polar surface area (TPSA) is 134 Å². The lowest BCUT2D eigenvalue weighted by Gasteiger charge is -2.14. The number of hydrogen-bond acceptors (Lipinski definition) is 9. The molecule has 1 atom stereocenters. The zero-order valence-corrected chi connectivity index (χ0v) is 26.6. The molecule has 0 fully saturated rings. The molecule has 43 heavy (non-hydrogen) atoms. The number of rotatable bonds is 9. The third-order valence-electron chi connectivity index (χ3n) is 6.16. The lowest BCUT2D eigenvalue weighted by molar-refractivity contribution is -0.129. The summed E-state index contributed by atoms with van der Waals surface area (Å²) in [6.45, 7) is 19.2. The summed E-state index contributed by atoms with van der Waals surface area (Å²) in [6.07, 6.45) is 0.335. The molecule has 2 aromatic heterocycles. The molecule has 4 rings (SSSR count). The molecule has 234 valence electrons. The van der Waals surface area contributed by atoms with E-state index in [1.54, 1.807) is 31.4 Å². The maximum absolute atomic E-state index is 13.2. The largest absolute Gasteiger partial charge is 0.489 e. The van der Waals surface area contributed by atoms with Gasteiger partial charge in [-0.1, -0.05) is 34.3 Å². The van der Waals surface area contributed by atoms with Gasteiger partial charge in [0.1, 0.15) is 25.2 Å². The number of pyridine rings is 2. The van der Waals surface area contributed by atoms with Crippen LogP contribution in [0.25, 0.3) is 22.3 Å². The maximum Gasteiger partial charge on any atom is 0.293 e. The van der Waals surface area contributed by atoms with Crippen molar-refractivity contribution in [3.63, 3.8) is 0 Å². The number of methoxy groups -OCH3 is 1. The molecule has 0 saturated carbocycles. The quantitative estimate of drug-likeness (QED) is 0.194. The molecule has 0 saturated heterocycles. The summed E-state index contributed by atoms with van der Waals surface area (Å²) in [5.41, 5.74) is 2.76. The highest BCUT2D eigenvalue weighted by Crippen LogP contribution is 2.37. The molecule has 0 bridgehead atoms. The molecule has 0 spiro atoms. The molecule has 1 unspecified atom stereocenters. The number of ether oxygens (including phenoxy) is 3. The zero-order chi connectivity index (χ0) is 32.9. The van der Waals surface area contributed by atoms with E-state index >= 15 is 0 Å². The first-order chi connectivity index (χ1) is 20.4. The minimum absolute atomic E-state index is 0.0123. The standard InChI is InChI=1S/C24H20N2O7.C5H12O.2C2H6/c1-13(8-27)10-33-15-3-4-21-17(5-15)19(9-28)18-7-26-22(23(18)25-21)6-16(14(2)30)20(24(26)31)11-32-12-29;1-5(2,3)6-4;2*1-2/h3-6,8-9,12,14,30H,1,7,10-11H2,2H3;1-4H3;2*1-2H3. The number of benzene rings is 1. The summed E-state index contributed by atoms with van der Waals surface area (Å²) in [5, 5.41) is 10.7. The Balaban J connectivity index is 0.000000814. The number of hydrogen-bond donors (Lipinski definition) is 1. The smallest absolute Gasteiger partial charge is 0.293 e. The van der Waals surface area contributed by atoms with Crippen molar-refractivity contribution < 1.29 is 33.7 Å². The van der Waals surface area contributed by atoms with Gasteiger partial charge in [0, 0.05) is 29.2 Å². The summed E-state index contributed by atoms with van der Waals surface area (Å²) in [5.74, 6) is 0.438. The minimum Gasteiger partial charge on any atom is -0.489 e. The summed E-state index contributed by atoms with van der Waals surface area (Å²) in [7, 11) is 1.71. The van der Waals surface area contributed by atoms with Gasteiger partial charge in [0.05, 0.1) is 40.7 Å². The fourth-order valence-corrected chi connectivity index (χ4v) is 3.97. The van der Waals surface area contributed by atoms with Crippen LogP contribution in [0, 0.1) is 0 Å². The molecule has 10 heteroatoms. The number of aldehydes is 2. The van der Waals surface area contributed by atoms with Crippen LogP contribution in [-0.2, 0) is 32.2 Å². The van der Waals surface area contributed by atoms with Crippen LogP contribution in [-0.4, -0.2) is 53.0 Å². The first-order valence-corrected chi connectivity index (χ1v) is 14.2. The van der Waals surface area contributed by atoms with Crippen molar-refractivity contribution in [3.05, 3.63) is 69.0 Å². The number of aliphatic hydroxyl groups excluding tert-OH is 1. The molecule has 1 aliphatic heterocycles. The van der Waals surface area contributed by atoms with Gasteiger partial charge >= 0.3 is 0 Å². The first kappa shape index (κ1) is 36.9. The van der Waals surface area contributed by atoms with E-state index in [9.17, 15) is 24.3 Å². The molecule has 1 N–H and O–H groups in total. The van der Waals surface area contributed by atoms with Crippen LogP contribution in [0.2, 0.25) is 0 Å². The Hall–Kier alpha value is -4.15. The number of carbonyl (C=O) groups excluding carboxylic acids is 3. The van der Waals surface area contributed by atoms with Gasteiger partial charge in [-0.25, -0.2) is 4.98 Å². The van der Waals surface area contributed by atoms with Crippen molar-refractivity contribution in [1.82, 2.24) is 9.55 Å². The maximum atomic E-state index is 13.2. The number of nitrogens with zero attached hydrogens (tertiary/aromatic N) is 2. The molecular weight excluding hydrogens is 552 g/mol. The minimum atomic E-state index is -0.982. The van der Waals surface area contributed by atoms with Crippen LogP contribution in [0.5, 0.6) is 5.75 Å². The molecule has 0 amide bonds. The van der Waals surface area contributed by atoms with Gasteiger partial charge in [-0.15, -0.1) is 0 Å². The average Bonchev–Trinajstić information content (AvgIpc) is 3.38. The molecule has 3 heterocycles. The van der Waals surface area contributed by atoms with Crippen LogP contribution in [0.1, 0.15) is 88.5 Å². The Morgan fingerprint density at radius 1 is 1.14 bits per heavy atom. The van der Waals surface area contributed by atoms with E-state index in [-0.39, 0.29) is 43.0 Å². The normalized spacial score (nSPS) is 11.6. The summed E-state index contributed by atoms with van der Waals surface area (Å²) in [6, 6.07) is 6.64. The highest BCUT2D eigenvalue weighted by atomic mass is 16.5. The summed E-state index contributed by atoms with van der Waals surface area (Å²) >= 11 is 0. The van der Waals surface area contributed by atoms with Crippen molar-refractivity contribution in [2.75, 3.05) is 13.7 Å². The second-order valence-electron chi connectivity index (χ2n) is 9.97. The van der Waals surface area contributed by atoms with Gasteiger partial charge in [0.25, 0.3) is 12.0 Å². The van der Waals surface area contributed by atoms with Crippen molar-refractivity contribution in [1.29, 1.82) is 0 Å². The molecule has 1 aliphatic rings. The lowest BCUT2D eigenvalue weighted by atomic mass is 10.00. The van der Waals surface area contributed by atoms with E-state index in [0.717, 1.165) is 0 Å². The third kappa shape index (κ3) is 9.17. The highest BCUT2D eigenvalue weighted by Gasteiger charge is 2.29. The van der Waals surface area contributed by atoms with E-state index in [4.69, 9.17) is 14.2 Å². The van der Waals surface area contributed by atoms with Crippen molar-refractivity contribution in [2.45, 2.75) is 80.2 Å². The van der Waals surface area contributed by atoms with Crippen LogP contribution in [0.3, 0.4) is 0 Å². The Morgan fingerprint density at radius 2 is 1.77 bits per heavy atom. The molecular formula is C33H44N2O8. The van der Waals surface area contributed by atoms with E-state index in [1.165, 1.54) is 11.5 Å². The van der Waals surface area contributed by atoms with Crippen molar-refractivity contribution >= 4 is 29.9 Å².